The number of terminal acetylenes is 1. The standard InChI is InChI=1S/C8H9N3O2/c1-2-8(9,7(12)13)3-6-4-10-5-11-6/h1,4-5H,3,9H2,(H,10,11)(H,12,13)/t8-/m0/s1. The molecule has 0 fully saturated rings. The van der Waals surface area contributed by atoms with E-state index in [0.29, 0.717) is 5.69 Å². The van der Waals surface area contributed by atoms with E-state index in [0.717, 1.165) is 0 Å². The number of imidazole rings is 1. The molecular formula is C8H9N3O2. The summed E-state index contributed by atoms with van der Waals surface area (Å²) in [5.74, 6) is 0.829. The number of H-pyrrole nitrogens is 1. The van der Waals surface area contributed by atoms with Crippen molar-refractivity contribution in [2.75, 3.05) is 0 Å². The minimum absolute atomic E-state index is 0.0405. The van der Waals surface area contributed by atoms with Gasteiger partial charge in [-0.1, -0.05) is 5.92 Å². The molecule has 1 heterocycles. The van der Waals surface area contributed by atoms with Crippen molar-refractivity contribution in [1.82, 2.24) is 9.97 Å². The Morgan fingerprint density at radius 2 is 2.62 bits per heavy atom. The van der Waals surface area contributed by atoms with Gasteiger partial charge in [0.15, 0.2) is 5.54 Å². The van der Waals surface area contributed by atoms with E-state index in [2.05, 4.69) is 9.97 Å². The molecule has 0 saturated carbocycles. The van der Waals surface area contributed by atoms with Crippen LogP contribution in [0.2, 0.25) is 0 Å². The number of nitrogens with two attached hydrogens (primary N) is 1. The molecule has 5 heteroatoms. The monoisotopic (exact) mass is 179 g/mol. The molecule has 0 aliphatic rings. The van der Waals surface area contributed by atoms with E-state index in [1.807, 2.05) is 5.92 Å². The molecule has 0 unspecified atom stereocenters. The molecule has 0 spiro atoms. The average molecular weight is 179 g/mol. The fraction of sp³-hybridized carbons (Fsp3) is 0.250. The SMILES string of the molecule is C#C[C@](N)(Cc1cnc[nH]1)C(=O)O. The fourth-order valence-corrected chi connectivity index (χ4v) is 0.870. The largest absolute Gasteiger partial charge is 0.479 e. The van der Waals surface area contributed by atoms with Gasteiger partial charge in [-0.2, -0.15) is 0 Å². The van der Waals surface area contributed by atoms with Crippen LogP contribution in [0.1, 0.15) is 5.69 Å². The maximum absolute atomic E-state index is 10.7. The van der Waals surface area contributed by atoms with Crippen LogP contribution in [0, 0.1) is 12.3 Å². The molecule has 68 valence electrons. The number of nitrogens with zero attached hydrogens (tertiary/aromatic N) is 1. The molecule has 0 aromatic carbocycles. The third-order valence-electron chi connectivity index (χ3n) is 1.66. The van der Waals surface area contributed by atoms with Crippen molar-refractivity contribution in [2.45, 2.75) is 12.0 Å². The van der Waals surface area contributed by atoms with Crippen molar-refractivity contribution in [2.24, 2.45) is 5.73 Å². The van der Waals surface area contributed by atoms with Crippen LogP contribution < -0.4 is 5.73 Å². The van der Waals surface area contributed by atoms with Crippen LogP contribution in [0.4, 0.5) is 0 Å². The number of aromatic amines is 1. The van der Waals surface area contributed by atoms with E-state index in [-0.39, 0.29) is 6.42 Å². The van der Waals surface area contributed by atoms with Crippen LogP contribution in [0.15, 0.2) is 12.5 Å². The smallest absolute Gasteiger partial charge is 0.336 e. The number of carboxylic acids is 1. The molecule has 0 aliphatic carbocycles. The van der Waals surface area contributed by atoms with Gasteiger partial charge >= 0.3 is 5.97 Å². The number of carbonyl (C=O) groups is 1. The minimum Gasteiger partial charge on any atom is -0.479 e. The summed E-state index contributed by atoms with van der Waals surface area (Å²) < 4.78 is 0. The summed E-state index contributed by atoms with van der Waals surface area (Å²) in [7, 11) is 0. The van der Waals surface area contributed by atoms with E-state index >= 15 is 0 Å². The molecular weight excluding hydrogens is 170 g/mol. The van der Waals surface area contributed by atoms with Gasteiger partial charge in [-0.25, -0.2) is 9.78 Å². The van der Waals surface area contributed by atoms with Gasteiger partial charge in [0.2, 0.25) is 0 Å². The second kappa shape index (κ2) is 3.29. The number of aromatic nitrogens is 2. The maximum atomic E-state index is 10.7. The predicted octanol–water partition coefficient (Wildman–Crippen LogP) is -0.633. The topological polar surface area (TPSA) is 92.0 Å². The molecule has 0 amide bonds. The summed E-state index contributed by atoms with van der Waals surface area (Å²) in [6.07, 6.45) is 8.00. The molecule has 1 atom stereocenters. The first-order valence-corrected chi connectivity index (χ1v) is 3.56. The molecule has 0 bridgehead atoms. The molecule has 4 N–H and O–H groups in total. The Bertz CT molecular complexity index is 339. The van der Waals surface area contributed by atoms with E-state index < -0.39 is 11.5 Å². The second-order valence-corrected chi connectivity index (χ2v) is 2.67. The lowest BCUT2D eigenvalue weighted by Crippen LogP contribution is -2.48. The molecule has 1 aromatic rings. The highest BCUT2D eigenvalue weighted by Crippen LogP contribution is 2.07. The summed E-state index contributed by atoms with van der Waals surface area (Å²) in [6.45, 7) is 0. The summed E-state index contributed by atoms with van der Waals surface area (Å²) in [4.78, 5) is 17.1. The van der Waals surface area contributed by atoms with Gasteiger partial charge in [0.1, 0.15) is 0 Å². The number of aliphatic carboxylic acids is 1. The van der Waals surface area contributed by atoms with Gasteiger partial charge in [-0.3, -0.25) is 0 Å². The number of nitrogens with one attached hydrogen (secondary N) is 1. The average Bonchev–Trinajstić information content (AvgIpc) is 2.56. The molecule has 13 heavy (non-hydrogen) atoms. The van der Waals surface area contributed by atoms with Crippen molar-refractivity contribution in [3.8, 4) is 12.3 Å². The number of carboxylic acid groups (broad SMARTS) is 1. The van der Waals surface area contributed by atoms with Crippen LogP contribution in [-0.4, -0.2) is 26.6 Å². The maximum Gasteiger partial charge on any atom is 0.336 e. The minimum atomic E-state index is -1.66. The van der Waals surface area contributed by atoms with Crippen molar-refractivity contribution in [3.63, 3.8) is 0 Å². The Morgan fingerprint density at radius 3 is 3.00 bits per heavy atom. The Kier molecular flexibility index (Phi) is 2.35. The van der Waals surface area contributed by atoms with Crippen LogP contribution in [-0.2, 0) is 11.2 Å². The van der Waals surface area contributed by atoms with E-state index in [1.165, 1.54) is 12.5 Å². The molecule has 5 nitrogen and oxygen atoms in total. The summed E-state index contributed by atoms with van der Waals surface area (Å²) >= 11 is 0. The highest BCUT2D eigenvalue weighted by Gasteiger charge is 2.32. The summed E-state index contributed by atoms with van der Waals surface area (Å²) in [6, 6.07) is 0. The van der Waals surface area contributed by atoms with Crippen molar-refractivity contribution < 1.29 is 9.90 Å². The lowest BCUT2D eigenvalue weighted by Gasteiger charge is -2.16. The Hall–Kier alpha value is -1.80. The molecule has 1 aromatic heterocycles. The zero-order valence-electron chi connectivity index (χ0n) is 6.82. The molecule has 0 radical (unpaired) electrons. The number of rotatable bonds is 3. The van der Waals surface area contributed by atoms with Crippen molar-refractivity contribution in [1.29, 1.82) is 0 Å². The Labute approximate surface area is 75.0 Å². The fourth-order valence-electron chi connectivity index (χ4n) is 0.870. The van der Waals surface area contributed by atoms with Crippen LogP contribution >= 0.6 is 0 Å². The second-order valence-electron chi connectivity index (χ2n) is 2.67. The number of hydrogen-bond acceptors (Lipinski definition) is 3. The van der Waals surface area contributed by atoms with Gasteiger partial charge < -0.3 is 15.8 Å². The molecule has 0 aliphatic heterocycles. The van der Waals surface area contributed by atoms with Gasteiger partial charge in [-0.05, 0) is 0 Å². The Morgan fingerprint density at radius 1 is 1.92 bits per heavy atom. The zero-order valence-corrected chi connectivity index (χ0v) is 6.82. The molecule has 1 rings (SSSR count). The van der Waals surface area contributed by atoms with Gasteiger partial charge in [-0.15, -0.1) is 6.42 Å². The van der Waals surface area contributed by atoms with Crippen LogP contribution in [0.25, 0.3) is 0 Å². The van der Waals surface area contributed by atoms with E-state index in [4.69, 9.17) is 17.3 Å². The van der Waals surface area contributed by atoms with E-state index in [1.54, 1.807) is 0 Å². The zero-order chi connectivity index (χ0) is 9.90. The van der Waals surface area contributed by atoms with Gasteiger partial charge in [0.05, 0.1) is 6.33 Å². The normalized spacial score (nSPS) is 14.5. The Balaban J connectivity index is 2.83. The third-order valence-corrected chi connectivity index (χ3v) is 1.66. The van der Waals surface area contributed by atoms with Gasteiger partial charge in [0.25, 0.3) is 0 Å². The molecule has 0 saturated heterocycles. The predicted molar refractivity (Wildman–Crippen MR) is 45.7 cm³/mol. The lowest BCUT2D eigenvalue weighted by atomic mass is 9.96. The van der Waals surface area contributed by atoms with Gasteiger partial charge in [0, 0.05) is 18.3 Å². The first-order chi connectivity index (χ1) is 6.08. The van der Waals surface area contributed by atoms with Crippen LogP contribution in [0.5, 0.6) is 0 Å². The lowest BCUT2D eigenvalue weighted by molar-refractivity contribution is -0.141. The highest BCUT2D eigenvalue weighted by atomic mass is 16.4. The van der Waals surface area contributed by atoms with Crippen LogP contribution in [0.3, 0.4) is 0 Å². The first-order valence-electron chi connectivity index (χ1n) is 3.56. The third kappa shape index (κ3) is 1.86. The summed E-state index contributed by atoms with van der Waals surface area (Å²) in [5.41, 5.74) is 4.39. The highest BCUT2D eigenvalue weighted by molar-refractivity contribution is 5.83. The first kappa shape index (κ1) is 9.29. The van der Waals surface area contributed by atoms with Crippen molar-refractivity contribution in [3.05, 3.63) is 18.2 Å². The van der Waals surface area contributed by atoms with E-state index in [9.17, 15) is 4.79 Å². The quantitative estimate of drug-likeness (QED) is 0.538. The summed E-state index contributed by atoms with van der Waals surface area (Å²) in [5, 5.41) is 8.73. The van der Waals surface area contributed by atoms with Crippen molar-refractivity contribution >= 4 is 5.97 Å². The number of hydrogen-bond donors (Lipinski definition) is 3.